The van der Waals surface area contributed by atoms with Crippen molar-refractivity contribution in [2.45, 2.75) is 73.8 Å². The quantitative estimate of drug-likeness (QED) is 0.404. The van der Waals surface area contributed by atoms with Crippen molar-refractivity contribution in [2.75, 3.05) is 6.54 Å². The number of hydrogen-bond acceptors (Lipinski definition) is 1. The minimum Gasteiger partial charge on any atom is -0.313 e. The van der Waals surface area contributed by atoms with Crippen LogP contribution >= 0.6 is 0 Å². The van der Waals surface area contributed by atoms with Gasteiger partial charge in [-0.25, -0.2) is 0 Å². The molecule has 0 fully saturated rings. The highest BCUT2D eigenvalue weighted by molar-refractivity contribution is 5.21. The minimum absolute atomic E-state index is 0.822. The summed E-state index contributed by atoms with van der Waals surface area (Å²) in [6.07, 6.45) is 7.05. The van der Waals surface area contributed by atoms with Crippen LogP contribution in [0, 0.1) is 12.8 Å². The molecule has 0 saturated heterocycles. The molecule has 0 amide bonds. The summed E-state index contributed by atoms with van der Waals surface area (Å²) >= 11 is 0. The summed E-state index contributed by atoms with van der Waals surface area (Å²) in [6.45, 7) is 18.3. The molecule has 0 radical (unpaired) electrons. The molecular weight excluding hydrogens is 266 g/mol. The third-order valence-corrected chi connectivity index (χ3v) is 3.45. The van der Waals surface area contributed by atoms with Gasteiger partial charge in [0, 0.05) is 6.54 Å². The van der Waals surface area contributed by atoms with Crippen molar-refractivity contribution in [3.05, 3.63) is 48.0 Å². The van der Waals surface area contributed by atoms with Crippen LogP contribution in [0.25, 0.3) is 0 Å². The Labute approximate surface area is 140 Å². The molecule has 1 aromatic carbocycles. The van der Waals surface area contributed by atoms with Gasteiger partial charge in [-0.15, -0.1) is 6.58 Å². The van der Waals surface area contributed by atoms with E-state index in [1.54, 1.807) is 0 Å². The number of hydrogen-bond donors (Lipinski definition) is 1. The van der Waals surface area contributed by atoms with Crippen LogP contribution in [0.3, 0.4) is 0 Å². The highest BCUT2D eigenvalue weighted by atomic mass is 14.8. The third kappa shape index (κ3) is 12.6. The van der Waals surface area contributed by atoms with Gasteiger partial charge in [0.05, 0.1) is 0 Å². The predicted molar refractivity (Wildman–Crippen MR) is 103 cm³/mol. The fourth-order valence-electron chi connectivity index (χ4n) is 2.29. The van der Waals surface area contributed by atoms with Crippen molar-refractivity contribution in [2.24, 2.45) is 5.92 Å². The lowest BCUT2D eigenvalue weighted by Crippen LogP contribution is -2.15. The molecule has 1 heteroatoms. The molecule has 0 aliphatic carbocycles. The first-order valence-corrected chi connectivity index (χ1v) is 9.13. The zero-order valence-electron chi connectivity index (χ0n) is 15.9. The first-order valence-electron chi connectivity index (χ1n) is 9.13. The molecule has 1 atom stereocenters. The lowest BCUT2D eigenvalue weighted by atomic mass is 9.97. The minimum atomic E-state index is 0.822. The molecule has 0 heterocycles. The lowest BCUT2D eigenvalue weighted by Gasteiger charge is -2.12. The highest BCUT2D eigenvalue weighted by Gasteiger charge is 2.03. The van der Waals surface area contributed by atoms with Crippen molar-refractivity contribution in [3.8, 4) is 0 Å². The van der Waals surface area contributed by atoms with Gasteiger partial charge in [0.2, 0.25) is 0 Å². The fourth-order valence-corrected chi connectivity index (χ4v) is 2.29. The maximum Gasteiger partial charge on any atom is 0.0205 e. The number of allylic oxidation sites excluding steroid dienone is 1. The summed E-state index contributed by atoms with van der Waals surface area (Å²) < 4.78 is 0. The smallest absolute Gasteiger partial charge is 0.0205 e. The van der Waals surface area contributed by atoms with Crippen LogP contribution in [-0.2, 0) is 6.54 Å². The van der Waals surface area contributed by atoms with Crippen molar-refractivity contribution >= 4 is 0 Å². The molecule has 0 aliphatic rings. The van der Waals surface area contributed by atoms with E-state index in [-0.39, 0.29) is 0 Å². The van der Waals surface area contributed by atoms with Crippen LogP contribution in [0.2, 0.25) is 0 Å². The maximum absolute atomic E-state index is 3.83. The first-order chi connectivity index (χ1) is 10.8. The fraction of sp³-hybridized carbons (Fsp3) is 0.619. The van der Waals surface area contributed by atoms with Crippen molar-refractivity contribution in [3.63, 3.8) is 0 Å². The van der Waals surface area contributed by atoms with Gasteiger partial charge >= 0.3 is 0 Å². The predicted octanol–water partition coefficient (Wildman–Crippen LogP) is 6.52. The molecule has 1 N–H and O–H groups in total. The number of benzene rings is 1. The summed E-state index contributed by atoms with van der Waals surface area (Å²) in [6, 6.07) is 8.71. The standard InChI is InChI=1S/C17H27N.2C2H6/c1-4-8-16(5-2)11-7-12-18-14-17-10-6-9-15(3)13-17;2*1-2/h4,6,9-10,13,16,18H,1,5,7-8,11-12,14H2,2-3H3;2*1-2H3. The summed E-state index contributed by atoms with van der Waals surface area (Å²) in [5, 5.41) is 3.52. The number of nitrogens with one attached hydrogen (secondary N) is 1. The normalized spacial score (nSPS) is 10.6. The molecule has 22 heavy (non-hydrogen) atoms. The van der Waals surface area contributed by atoms with Crippen molar-refractivity contribution < 1.29 is 0 Å². The summed E-state index contributed by atoms with van der Waals surface area (Å²) in [7, 11) is 0. The van der Waals surface area contributed by atoms with Gasteiger partial charge in [0.1, 0.15) is 0 Å². The van der Waals surface area contributed by atoms with Crippen LogP contribution in [-0.4, -0.2) is 6.54 Å². The molecule has 128 valence electrons. The molecule has 1 aromatic rings. The van der Waals surface area contributed by atoms with Gasteiger partial charge in [0.15, 0.2) is 0 Å². The molecule has 0 bridgehead atoms. The lowest BCUT2D eigenvalue weighted by molar-refractivity contribution is 0.449. The van der Waals surface area contributed by atoms with Crippen molar-refractivity contribution in [1.82, 2.24) is 5.32 Å². The monoisotopic (exact) mass is 305 g/mol. The van der Waals surface area contributed by atoms with E-state index >= 15 is 0 Å². The van der Waals surface area contributed by atoms with Gasteiger partial charge in [0.25, 0.3) is 0 Å². The van der Waals surface area contributed by atoms with Crippen LogP contribution in [0.4, 0.5) is 0 Å². The molecule has 0 aliphatic heterocycles. The molecule has 1 rings (SSSR count). The Morgan fingerprint density at radius 2 is 1.86 bits per heavy atom. The van der Waals surface area contributed by atoms with Gasteiger partial charge in [-0.05, 0) is 44.2 Å². The maximum atomic E-state index is 3.83. The zero-order chi connectivity index (χ0) is 17.2. The van der Waals surface area contributed by atoms with Crippen LogP contribution < -0.4 is 5.32 Å². The molecule has 0 spiro atoms. The van der Waals surface area contributed by atoms with Gasteiger partial charge in [-0.2, -0.15) is 0 Å². The molecular formula is C21H39N. The summed E-state index contributed by atoms with van der Waals surface area (Å²) in [5.41, 5.74) is 2.72. The van der Waals surface area contributed by atoms with E-state index < -0.39 is 0 Å². The summed E-state index contributed by atoms with van der Waals surface area (Å²) in [4.78, 5) is 0. The first kappa shape index (κ1) is 23.2. The average molecular weight is 306 g/mol. The third-order valence-electron chi connectivity index (χ3n) is 3.45. The summed E-state index contributed by atoms with van der Waals surface area (Å²) in [5.74, 6) is 0.822. The zero-order valence-corrected chi connectivity index (χ0v) is 15.9. The Hall–Kier alpha value is -1.08. The van der Waals surface area contributed by atoms with E-state index in [1.807, 2.05) is 33.8 Å². The Bertz CT molecular complexity index is 344. The molecule has 0 saturated carbocycles. The topological polar surface area (TPSA) is 12.0 Å². The van der Waals surface area contributed by atoms with E-state index in [2.05, 4.69) is 50.0 Å². The molecule has 1 unspecified atom stereocenters. The Morgan fingerprint density at radius 3 is 2.41 bits per heavy atom. The van der Waals surface area contributed by atoms with Crippen LogP contribution in [0.15, 0.2) is 36.9 Å². The van der Waals surface area contributed by atoms with E-state index in [0.29, 0.717) is 0 Å². The Kier molecular flexibility index (Phi) is 18.9. The molecule has 1 nitrogen and oxygen atoms in total. The second kappa shape index (κ2) is 18.0. The average Bonchev–Trinajstić information content (AvgIpc) is 2.57. The Balaban J connectivity index is 0. The SMILES string of the molecule is C=CCC(CC)CCCNCc1cccc(C)c1.CC.CC. The van der Waals surface area contributed by atoms with Gasteiger partial charge in [-0.3, -0.25) is 0 Å². The van der Waals surface area contributed by atoms with Gasteiger partial charge < -0.3 is 5.32 Å². The Morgan fingerprint density at radius 1 is 1.18 bits per heavy atom. The van der Waals surface area contributed by atoms with Crippen LogP contribution in [0.1, 0.15) is 71.4 Å². The number of rotatable bonds is 9. The van der Waals surface area contributed by atoms with Crippen LogP contribution in [0.5, 0.6) is 0 Å². The van der Waals surface area contributed by atoms with E-state index in [0.717, 1.165) is 25.4 Å². The molecule has 0 aromatic heterocycles. The second-order valence-electron chi connectivity index (χ2n) is 5.11. The highest BCUT2D eigenvalue weighted by Crippen LogP contribution is 2.15. The van der Waals surface area contributed by atoms with Gasteiger partial charge in [-0.1, -0.05) is 76.9 Å². The number of aryl methyl sites for hydroxylation is 1. The van der Waals surface area contributed by atoms with E-state index in [4.69, 9.17) is 0 Å². The largest absolute Gasteiger partial charge is 0.313 e. The van der Waals surface area contributed by atoms with E-state index in [9.17, 15) is 0 Å². The van der Waals surface area contributed by atoms with Crippen molar-refractivity contribution in [1.29, 1.82) is 0 Å². The second-order valence-corrected chi connectivity index (χ2v) is 5.11. The van der Waals surface area contributed by atoms with E-state index in [1.165, 1.54) is 30.4 Å².